The second-order valence-corrected chi connectivity index (χ2v) is 9.07. The Morgan fingerprint density at radius 2 is 2.12 bits per heavy atom. The van der Waals surface area contributed by atoms with Crippen molar-refractivity contribution in [1.82, 2.24) is 14.6 Å². The number of nitrogens with one attached hydrogen (secondary N) is 1. The van der Waals surface area contributed by atoms with E-state index in [0.29, 0.717) is 17.6 Å². The van der Waals surface area contributed by atoms with Gasteiger partial charge in [0.1, 0.15) is 4.21 Å². The highest BCUT2D eigenvalue weighted by Gasteiger charge is 2.25. The number of thiophene rings is 1. The molecule has 1 unspecified atom stereocenters. The summed E-state index contributed by atoms with van der Waals surface area (Å²) >= 11 is 6.89. The summed E-state index contributed by atoms with van der Waals surface area (Å²) in [5.74, 6) is 0. The minimum Gasteiger partial charge on any atom is -0.379 e. The Balaban J connectivity index is 1.76. The standard InChI is InChI=1S/C15H18ClN3O3S2/c16-14-3-4-15(23-14)24(20,21)18-11-13(12-2-1-5-17-10-12)19-6-8-22-9-7-19/h1-5,10,13,18H,6-9,11H2. The Labute approximate surface area is 150 Å². The maximum Gasteiger partial charge on any atom is 0.250 e. The SMILES string of the molecule is O=S(=O)(NCC(c1cccnc1)N1CCOCC1)c1ccc(Cl)s1. The van der Waals surface area contributed by atoms with E-state index >= 15 is 0 Å². The molecule has 1 fully saturated rings. The number of morpholine rings is 1. The molecule has 1 aliphatic rings. The molecule has 6 nitrogen and oxygen atoms in total. The summed E-state index contributed by atoms with van der Waals surface area (Å²) in [5.41, 5.74) is 0.978. The molecule has 0 aliphatic carbocycles. The molecule has 3 heterocycles. The van der Waals surface area contributed by atoms with Crippen molar-refractivity contribution in [2.45, 2.75) is 10.3 Å². The van der Waals surface area contributed by atoms with Crippen LogP contribution in [0.3, 0.4) is 0 Å². The van der Waals surface area contributed by atoms with Crippen LogP contribution in [-0.4, -0.2) is 51.1 Å². The molecule has 2 aromatic rings. The van der Waals surface area contributed by atoms with Gasteiger partial charge in [0, 0.05) is 32.0 Å². The van der Waals surface area contributed by atoms with Crippen LogP contribution in [0.15, 0.2) is 40.9 Å². The minimum absolute atomic E-state index is 0.0900. The van der Waals surface area contributed by atoms with Gasteiger partial charge in [-0.05, 0) is 23.8 Å². The second kappa shape index (κ2) is 7.90. The monoisotopic (exact) mass is 387 g/mol. The van der Waals surface area contributed by atoms with Crippen LogP contribution in [0, 0.1) is 0 Å². The van der Waals surface area contributed by atoms with Crippen molar-refractivity contribution in [3.63, 3.8) is 0 Å². The molecule has 2 aromatic heterocycles. The minimum atomic E-state index is -3.58. The number of pyridine rings is 1. The third kappa shape index (κ3) is 4.33. The highest BCUT2D eigenvalue weighted by atomic mass is 35.5. The highest BCUT2D eigenvalue weighted by Crippen LogP contribution is 2.26. The fraction of sp³-hybridized carbons (Fsp3) is 0.400. The van der Waals surface area contributed by atoms with E-state index in [1.807, 2.05) is 12.1 Å². The normalized spacial score (nSPS) is 17.7. The van der Waals surface area contributed by atoms with E-state index in [9.17, 15) is 8.42 Å². The number of hydrogen-bond donors (Lipinski definition) is 1. The number of aromatic nitrogens is 1. The first-order valence-corrected chi connectivity index (χ1v) is 10.2. The molecule has 0 radical (unpaired) electrons. The molecular formula is C15H18ClN3O3S2. The molecule has 1 aliphatic heterocycles. The summed E-state index contributed by atoms with van der Waals surface area (Å²) < 4.78 is 33.7. The zero-order valence-electron chi connectivity index (χ0n) is 12.9. The zero-order chi connectivity index (χ0) is 17.0. The largest absolute Gasteiger partial charge is 0.379 e. The lowest BCUT2D eigenvalue weighted by molar-refractivity contribution is 0.0171. The van der Waals surface area contributed by atoms with E-state index in [1.165, 1.54) is 6.07 Å². The topological polar surface area (TPSA) is 71.5 Å². The van der Waals surface area contributed by atoms with Crippen LogP contribution in [-0.2, 0) is 14.8 Å². The lowest BCUT2D eigenvalue weighted by Gasteiger charge is -2.34. The Bertz CT molecular complexity index is 761. The van der Waals surface area contributed by atoms with E-state index in [0.717, 1.165) is 30.0 Å². The van der Waals surface area contributed by atoms with Gasteiger partial charge in [-0.2, -0.15) is 0 Å². The van der Waals surface area contributed by atoms with Gasteiger partial charge in [0.2, 0.25) is 10.0 Å². The summed E-state index contributed by atoms with van der Waals surface area (Å²) in [5, 5.41) is 0. The number of nitrogens with zero attached hydrogens (tertiary/aromatic N) is 2. The molecule has 1 saturated heterocycles. The van der Waals surface area contributed by atoms with Crippen LogP contribution in [0.2, 0.25) is 4.34 Å². The Kier molecular flexibility index (Phi) is 5.85. The molecule has 1 atom stereocenters. The smallest absolute Gasteiger partial charge is 0.250 e. The number of hydrogen-bond acceptors (Lipinski definition) is 6. The van der Waals surface area contributed by atoms with Crippen LogP contribution >= 0.6 is 22.9 Å². The Morgan fingerprint density at radius 3 is 2.75 bits per heavy atom. The average Bonchev–Trinajstić information content (AvgIpc) is 3.04. The summed E-state index contributed by atoms with van der Waals surface area (Å²) in [6.45, 7) is 3.07. The summed E-state index contributed by atoms with van der Waals surface area (Å²) in [6.07, 6.45) is 3.48. The average molecular weight is 388 g/mol. The van der Waals surface area contributed by atoms with Gasteiger partial charge in [-0.1, -0.05) is 17.7 Å². The predicted octanol–water partition coefficient (Wildman–Crippen LogP) is 2.15. The molecule has 0 saturated carbocycles. The number of sulfonamides is 1. The van der Waals surface area contributed by atoms with Crippen LogP contribution in [0.1, 0.15) is 11.6 Å². The number of halogens is 1. The quantitative estimate of drug-likeness (QED) is 0.822. The second-order valence-electron chi connectivity index (χ2n) is 5.36. The first-order valence-electron chi connectivity index (χ1n) is 7.53. The molecule has 0 aromatic carbocycles. The molecule has 0 spiro atoms. The van der Waals surface area contributed by atoms with E-state index < -0.39 is 10.0 Å². The van der Waals surface area contributed by atoms with Gasteiger partial charge in [0.25, 0.3) is 0 Å². The van der Waals surface area contributed by atoms with Gasteiger partial charge in [-0.25, -0.2) is 13.1 Å². The Morgan fingerprint density at radius 1 is 1.33 bits per heavy atom. The van der Waals surface area contributed by atoms with Crippen molar-refractivity contribution in [2.75, 3.05) is 32.8 Å². The lowest BCUT2D eigenvalue weighted by Crippen LogP contribution is -2.43. The summed E-state index contributed by atoms with van der Waals surface area (Å²) in [6, 6.07) is 6.83. The van der Waals surface area contributed by atoms with E-state index in [-0.39, 0.29) is 16.8 Å². The maximum atomic E-state index is 12.4. The predicted molar refractivity (Wildman–Crippen MR) is 93.9 cm³/mol. The molecule has 0 bridgehead atoms. The molecule has 1 N–H and O–H groups in total. The van der Waals surface area contributed by atoms with Gasteiger partial charge in [0.15, 0.2) is 0 Å². The van der Waals surface area contributed by atoms with Crippen molar-refractivity contribution in [3.05, 3.63) is 46.6 Å². The van der Waals surface area contributed by atoms with Gasteiger partial charge < -0.3 is 4.74 Å². The Hall–Kier alpha value is -1.03. The van der Waals surface area contributed by atoms with Crippen molar-refractivity contribution in [3.8, 4) is 0 Å². The highest BCUT2D eigenvalue weighted by molar-refractivity contribution is 7.91. The van der Waals surface area contributed by atoms with Gasteiger partial charge in [-0.15, -0.1) is 11.3 Å². The first-order chi connectivity index (χ1) is 11.6. The zero-order valence-corrected chi connectivity index (χ0v) is 15.3. The summed E-state index contributed by atoms with van der Waals surface area (Å²) in [7, 11) is -3.58. The van der Waals surface area contributed by atoms with Crippen LogP contribution in [0.25, 0.3) is 0 Å². The van der Waals surface area contributed by atoms with Crippen LogP contribution in [0.5, 0.6) is 0 Å². The van der Waals surface area contributed by atoms with Crippen LogP contribution in [0.4, 0.5) is 0 Å². The van der Waals surface area contributed by atoms with Crippen molar-refractivity contribution >= 4 is 33.0 Å². The molecule has 0 amide bonds. The third-order valence-corrected chi connectivity index (χ3v) is 6.98. The third-order valence-electron chi connectivity index (χ3n) is 3.84. The fourth-order valence-electron chi connectivity index (χ4n) is 2.62. The van der Waals surface area contributed by atoms with Gasteiger partial charge >= 0.3 is 0 Å². The maximum absolute atomic E-state index is 12.4. The molecule has 24 heavy (non-hydrogen) atoms. The van der Waals surface area contributed by atoms with E-state index in [1.54, 1.807) is 18.5 Å². The summed E-state index contributed by atoms with van der Waals surface area (Å²) in [4.78, 5) is 6.37. The number of ether oxygens (including phenoxy) is 1. The molecule has 130 valence electrons. The van der Waals surface area contributed by atoms with Gasteiger partial charge in [-0.3, -0.25) is 9.88 Å². The van der Waals surface area contributed by atoms with Crippen molar-refractivity contribution in [2.24, 2.45) is 0 Å². The number of rotatable bonds is 6. The van der Waals surface area contributed by atoms with Crippen LogP contribution < -0.4 is 4.72 Å². The van der Waals surface area contributed by atoms with Crippen molar-refractivity contribution < 1.29 is 13.2 Å². The first kappa shape index (κ1) is 17.8. The van der Waals surface area contributed by atoms with E-state index in [2.05, 4.69) is 14.6 Å². The fourth-order valence-corrected chi connectivity index (χ4v) is 5.19. The molecule has 9 heteroatoms. The van der Waals surface area contributed by atoms with Crippen molar-refractivity contribution in [1.29, 1.82) is 0 Å². The van der Waals surface area contributed by atoms with E-state index in [4.69, 9.17) is 16.3 Å². The molecular weight excluding hydrogens is 370 g/mol. The lowest BCUT2D eigenvalue weighted by atomic mass is 10.1. The van der Waals surface area contributed by atoms with Gasteiger partial charge in [0.05, 0.1) is 23.6 Å². The molecule has 3 rings (SSSR count).